The zero-order valence-corrected chi connectivity index (χ0v) is 15.2. The van der Waals surface area contributed by atoms with Crippen LogP contribution in [0.1, 0.15) is 42.7 Å². The lowest BCUT2D eigenvalue weighted by Crippen LogP contribution is -2.02. The summed E-state index contributed by atoms with van der Waals surface area (Å²) in [6, 6.07) is 7.66. The van der Waals surface area contributed by atoms with Gasteiger partial charge in [-0.2, -0.15) is 0 Å². The molecule has 0 saturated heterocycles. The topological polar surface area (TPSA) is 56.9 Å². The van der Waals surface area contributed by atoms with Crippen molar-refractivity contribution in [2.24, 2.45) is 4.99 Å². The second-order valence-electron chi connectivity index (χ2n) is 6.13. The molecule has 0 aliphatic carbocycles. The van der Waals surface area contributed by atoms with E-state index in [0.717, 1.165) is 49.1 Å². The maximum absolute atomic E-state index is 6.29. The van der Waals surface area contributed by atoms with Gasteiger partial charge in [-0.15, -0.1) is 0 Å². The highest BCUT2D eigenvalue weighted by Gasteiger charge is 2.12. The van der Waals surface area contributed by atoms with E-state index in [9.17, 15) is 0 Å². The average Bonchev–Trinajstić information content (AvgIpc) is 3.27. The summed E-state index contributed by atoms with van der Waals surface area (Å²) in [7, 11) is 0. The number of hydrogen-bond acceptors (Lipinski definition) is 5. The van der Waals surface area contributed by atoms with Gasteiger partial charge in [-0.3, -0.25) is 0 Å². The highest BCUT2D eigenvalue weighted by molar-refractivity contribution is 6.32. The Balaban J connectivity index is 1.33. The molecule has 1 aliphatic heterocycles. The van der Waals surface area contributed by atoms with E-state index in [1.807, 2.05) is 31.2 Å². The van der Waals surface area contributed by atoms with E-state index in [0.29, 0.717) is 36.4 Å². The van der Waals surface area contributed by atoms with Gasteiger partial charge in [-0.05, 0) is 38.0 Å². The third-order valence-corrected chi connectivity index (χ3v) is 4.31. The molecule has 0 spiro atoms. The van der Waals surface area contributed by atoms with Crippen LogP contribution in [-0.2, 0) is 11.2 Å². The minimum Gasteiger partial charge on any atom is -0.492 e. The number of benzene rings is 1. The second kappa shape index (κ2) is 8.90. The molecule has 25 heavy (non-hydrogen) atoms. The quantitative estimate of drug-likeness (QED) is 0.612. The lowest BCUT2D eigenvalue weighted by Gasteiger charge is -2.09. The van der Waals surface area contributed by atoms with E-state index in [-0.39, 0.29) is 0 Å². The van der Waals surface area contributed by atoms with Crippen molar-refractivity contribution < 1.29 is 14.0 Å². The van der Waals surface area contributed by atoms with Crippen LogP contribution in [0.15, 0.2) is 33.8 Å². The predicted molar refractivity (Wildman–Crippen MR) is 97.7 cm³/mol. The molecule has 1 aliphatic rings. The van der Waals surface area contributed by atoms with E-state index < -0.39 is 0 Å². The van der Waals surface area contributed by atoms with Crippen LogP contribution in [0.5, 0.6) is 5.75 Å². The van der Waals surface area contributed by atoms with Gasteiger partial charge < -0.3 is 14.0 Å². The van der Waals surface area contributed by atoms with Crippen molar-refractivity contribution in [3.05, 3.63) is 46.3 Å². The van der Waals surface area contributed by atoms with Crippen LogP contribution in [-0.4, -0.2) is 30.8 Å². The number of halogens is 1. The van der Waals surface area contributed by atoms with Gasteiger partial charge in [-0.1, -0.05) is 29.6 Å². The minimum atomic E-state index is 0.594. The molecule has 6 heteroatoms. The van der Waals surface area contributed by atoms with Crippen molar-refractivity contribution in [2.75, 3.05) is 19.8 Å². The van der Waals surface area contributed by atoms with E-state index in [1.54, 1.807) is 0 Å². The molecule has 0 saturated carbocycles. The number of hydrogen-bond donors (Lipinski definition) is 0. The van der Waals surface area contributed by atoms with Gasteiger partial charge in [-0.25, -0.2) is 4.99 Å². The van der Waals surface area contributed by atoms with E-state index in [4.69, 9.17) is 25.6 Å². The molecule has 0 atom stereocenters. The standard InChI is InChI=1S/C19H23ClN2O3/c1-14-12-16(25-22-14)6-4-2-3-5-10-23-18-8-7-15(13-17(18)20)19-21-9-11-24-19/h7-8,12-13H,2-6,9-11H2,1H3. The van der Waals surface area contributed by atoms with E-state index >= 15 is 0 Å². The molecule has 0 fully saturated rings. The normalized spacial score (nSPS) is 13.6. The molecular formula is C19H23ClN2O3. The number of aryl methyl sites for hydroxylation is 2. The first-order valence-corrected chi connectivity index (χ1v) is 9.12. The van der Waals surface area contributed by atoms with Crippen LogP contribution < -0.4 is 4.74 Å². The van der Waals surface area contributed by atoms with E-state index in [2.05, 4.69) is 10.1 Å². The molecule has 2 aromatic rings. The molecule has 3 rings (SSSR count). The van der Waals surface area contributed by atoms with Gasteiger partial charge in [0.05, 0.1) is 23.9 Å². The van der Waals surface area contributed by atoms with Crippen molar-refractivity contribution in [3.63, 3.8) is 0 Å². The number of aromatic nitrogens is 1. The van der Waals surface area contributed by atoms with Crippen LogP contribution in [0.3, 0.4) is 0 Å². The van der Waals surface area contributed by atoms with Crippen LogP contribution in [0.4, 0.5) is 0 Å². The van der Waals surface area contributed by atoms with Gasteiger partial charge in [0.15, 0.2) is 0 Å². The van der Waals surface area contributed by atoms with Crippen molar-refractivity contribution in [3.8, 4) is 5.75 Å². The summed E-state index contributed by atoms with van der Waals surface area (Å²) in [5.41, 5.74) is 1.84. The number of rotatable bonds is 9. The average molecular weight is 363 g/mol. The smallest absolute Gasteiger partial charge is 0.216 e. The first kappa shape index (κ1) is 17.8. The van der Waals surface area contributed by atoms with E-state index in [1.165, 1.54) is 0 Å². The summed E-state index contributed by atoms with van der Waals surface area (Å²) in [5, 5.41) is 4.49. The molecule has 1 aromatic heterocycles. The Kier molecular flexibility index (Phi) is 6.34. The molecule has 134 valence electrons. The van der Waals surface area contributed by atoms with Crippen LogP contribution in [0.25, 0.3) is 0 Å². The molecule has 1 aromatic carbocycles. The van der Waals surface area contributed by atoms with Gasteiger partial charge >= 0.3 is 0 Å². The molecule has 0 bridgehead atoms. The Morgan fingerprint density at radius 1 is 1.16 bits per heavy atom. The highest BCUT2D eigenvalue weighted by atomic mass is 35.5. The van der Waals surface area contributed by atoms with Crippen molar-refractivity contribution in [2.45, 2.75) is 39.0 Å². The first-order valence-electron chi connectivity index (χ1n) is 8.74. The van der Waals surface area contributed by atoms with Crippen LogP contribution in [0, 0.1) is 6.92 Å². The van der Waals surface area contributed by atoms with Gasteiger partial charge in [0.1, 0.15) is 18.1 Å². The van der Waals surface area contributed by atoms with Crippen molar-refractivity contribution in [1.82, 2.24) is 5.16 Å². The maximum atomic E-state index is 6.29. The summed E-state index contributed by atoms with van der Waals surface area (Å²) in [4.78, 5) is 4.29. The minimum absolute atomic E-state index is 0.594. The largest absolute Gasteiger partial charge is 0.492 e. The summed E-state index contributed by atoms with van der Waals surface area (Å²) >= 11 is 6.29. The fourth-order valence-electron chi connectivity index (χ4n) is 2.73. The van der Waals surface area contributed by atoms with Crippen LogP contribution in [0.2, 0.25) is 5.02 Å². The number of ether oxygens (including phenoxy) is 2. The molecular weight excluding hydrogens is 340 g/mol. The fourth-order valence-corrected chi connectivity index (χ4v) is 2.97. The Morgan fingerprint density at radius 3 is 2.76 bits per heavy atom. The number of unbranched alkanes of at least 4 members (excludes halogenated alkanes) is 3. The Hall–Kier alpha value is -2.01. The van der Waals surface area contributed by atoms with Crippen LogP contribution >= 0.6 is 11.6 Å². The van der Waals surface area contributed by atoms with Gasteiger partial charge in [0.25, 0.3) is 0 Å². The predicted octanol–water partition coefficient (Wildman–Crippen LogP) is 4.60. The fraction of sp³-hybridized carbons (Fsp3) is 0.474. The molecule has 0 unspecified atom stereocenters. The summed E-state index contributed by atoms with van der Waals surface area (Å²) in [6.45, 7) is 3.96. The summed E-state index contributed by atoms with van der Waals surface area (Å²) in [5.74, 6) is 2.34. The third-order valence-electron chi connectivity index (χ3n) is 4.02. The number of aliphatic imine (C=N–C) groups is 1. The molecule has 5 nitrogen and oxygen atoms in total. The first-order chi connectivity index (χ1) is 12.2. The lowest BCUT2D eigenvalue weighted by atomic mass is 10.1. The summed E-state index contributed by atoms with van der Waals surface area (Å²) in [6.07, 6.45) is 5.32. The SMILES string of the molecule is Cc1cc(CCCCCCOc2ccc(C3=NCCO3)cc2Cl)on1. The second-order valence-corrected chi connectivity index (χ2v) is 6.54. The van der Waals surface area contributed by atoms with Crippen molar-refractivity contribution >= 4 is 17.5 Å². The zero-order chi connectivity index (χ0) is 17.5. The Bertz CT molecular complexity index is 727. The van der Waals surface area contributed by atoms with Gasteiger partial charge in [0, 0.05) is 18.1 Å². The molecule has 2 heterocycles. The van der Waals surface area contributed by atoms with Gasteiger partial charge in [0.2, 0.25) is 5.90 Å². The third kappa shape index (κ3) is 5.23. The maximum Gasteiger partial charge on any atom is 0.216 e. The number of nitrogens with zero attached hydrogens (tertiary/aromatic N) is 2. The van der Waals surface area contributed by atoms with Crippen molar-refractivity contribution in [1.29, 1.82) is 0 Å². The Labute approximate surface area is 153 Å². The molecule has 0 radical (unpaired) electrons. The molecule has 0 N–H and O–H groups in total. The monoisotopic (exact) mass is 362 g/mol. The summed E-state index contributed by atoms with van der Waals surface area (Å²) < 4.78 is 16.4. The lowest BCUT2D eigenvalue weighted by molar-refractivity contribution is 0.304. The zero-order valence-electron chi connectivity index (χ0n) is 14.5. The highest BCUT2D eigenvalue weighted by Crippen LogP contribution is 2.26. The Morgan fingerprint density at radius 2 is 2.04 bits per heavy atom. The molecule has 0 amide bonds.